The Balaban J connectivity index is 1.88. The van der Waals surface area contributed by atoms with Gasteiger partial charge in [0.2, 0.25) is 5.60 Å². The Morgan fingerprint density at radius 2 is 1.44 bits per heavy atom. The lowest BCUT2D eigenvalue weighted by molar-refractivity contribution is -0.222. The van der Waals surface area contributed by atoms with Gasteiger partial charge in [0.05, 0.1) is 5.41 Å². The van der Waals surface area contributed by atoms with Crippen molar-refractivity contribution in [3.63, 3.8) is 0 Å². The van der Waals surface area contributed by atoms with E-state index in [-0.39, 0.29) is 17.8 Å². The predicted octanol–water partition coefficient (Wildman–Crippen LogP) is 2.90. The highest BCUT2D eigenvalue weighted by atomic mass is 32.2. The minimum absolute atomic E-state index is 0.243. The van der Waals surface area contributed by atoms with E-state index in [1.165, 1.54) is 0 Å². The molecule has 0 radical (unpaired) electrons. The van der Waals surface area contributed by atoms with Crippen LogP contribution >= 0.6 is 0 Å². The maximum atomic E-state index is 13.3. The number of carbonyl (C=O) groups excluding carboxylic acids is 1. The largest absolute Gasteiger partial charge is 0.445 e. The SMILES string of the molecule is O=C(OC(CS(=O)(=O)O)(C(F)F)C(F)F)C12CC3CC(CC(C3)C1)C2. The number of halogens is 4. The molecule has 0 aromatic heterocycles. The molecule has 0 spiro atoms. The summed E-state index contributed by atoms with van der Waals surface area (Å²) in [7, 11) is -5.21. The Morgan fingerprint density at radius 3 is 1.76 bits per heavy atom. The maximum Gasteiger partial charge on any atom is 0.313 e. The number of carbonyl (C=O) groups is 1. The van der Waals surface area contributed by atoms with Crippen LogP contribution in [0.4, 0.5) is 17.6 Å². The van der Waals surface area contributed by atoms with Gasteiger partial charge in [0.15, 0.2) is 0 Å². The summed E-state index contributed by atoms with van der Waals surface area (Å²) in [5.74, 6) is -2.49. The molecule has 4 bridgehead atoms. The number of esters is 1. The monoisotopic (exact) mass is 388 g/mol. The van der Waals surface area contributed by atoms with Crippen molar-refractivity contribution >= 4 is 16.1 Å². The molecule has 0 atom stereocenters. The van der Waals surface area contributed by atoms with Gasteiger partial charge in [0.1, 0.15) is 5.75 Å². The van der Waals surface area contributed by atoms with Gasteiger partial charge in [-0.1, -0.05) is 0 Å². The van der Waals surface area contributed by atoms with Crippen LogP contribution in [0.3, 0.4) is 0 Å². The van der Waals surface area contributed by atoms with E-state index in [1.54, 1.807) is 0 Å². The molecule has 4 aliphatic rings. The summed E-state index contributed by atoms with van der Waals surface area (Å²) in [6, 6.07) is 0. The molecule has 0 unspecified atom stereocenters. The predicted molar refractivity (Wildman–Crippen MR) is 77.9 cm³/mol. The van der Waals surface area contributed by atoms with Crippen LogP contribution in [-0.2, 0) is 19.6 Å². The van der Waals surface area contributed by atoms with Gasteiger partial charge in [-0.25, -0.2) is 17.6 Å². The highest BCUT2D eigenvalue weighted by molar-refractivity contribution is 7.85. The Bertz CT molecular complexity index is 605. The third-order valence-electron chi connectivity index (χ3n) is 5.90. The molecule has 5 nitrogen and oxygen atoms in total. The van der Waals surface area contributed by atoms with Crippen molar-refractivity contribution in [3.05, 3.63) is 0 Å². The zero-order chi connectivity index (χ0) is 18.6. The fourth-order valence-electron chi connectivity index (χ4n) is 5.27. The van der Waals surface area contributed by atoms with E-state index in [0.29, 0.717) is 19.3 Å². The molecular formula is C15H20F4O5S. The smallest absolute Gasteiger partial charge is 0.313 e. The number of alkyl halides is 4. The standard InChI is InChI=1S/C15H20F4O5S/c16-11(17)15(12(18)19,7-25(21,22)23)24-13(20)14-4-8-1-9(5-14)3-10(2-8)6-14/h8-12H,1-7H2,(H,21,22,23). The Hall–Kier alpha value is -0.900. The second kappa shape index (κ2) is 6.07. The fraction of sp³-hybridized carbons (Fsp3) is 0.933. The Kier molecular flexibility index (Phi) is 4.59. The van der Waals surface area contributed by atoms with E-state index in [1.807, 2.05) is 0 Å². The summed E-state index contributed by atoms with van der Waals surface area (Å²) >= 11 is 0. The highest BCUT2D eigenvalue weighted by Gasteiger charge is 2.61. The summed E-state index contributed by atoms with van der Waals surface area (Å²) in [6.07, 6.45) is -3.91. The molecule has 0 aromatic rings. The lowest BCUT2D eigenvalue weighted by Crippen LogP contribution is -2.58. The molecule has 4 aliphatic carbocycles. The van der Waals surface area contributed by atoms with Crippen LogP contribution in [0, 0.1) is 23.2 Å². The molecular weight excluding hydrogens is 368 g/mol. The van der Waals surface area contributed by atoms with Crippen molar-refractivity contribution < 1.29 is 40.1 Å². The van der Waals surface area contributed by atoms with Crippen molar-refractivity contribution in [2.75, 3.05) is 5.75 Å². The third-order valence-corrected chi connectivity index (χ3v) is 6.72. The van der Waals surface area contributed by atoms with E-state index < -0.39 is 45.7 Å². The Morgan fingerprint density at radius 1 is 1.04 bits per heavy atom. The molecule has 10 heteroatoms. The molecule has 25 heavy (non-hydrogen) atoms. The number of hydrogen-bond donors (Lipinski definition) is 1. The van der Waals surface area contributed by atoms with Crippen LogP contribution in [0.2, 0.25) is 0 Å². The molecule has 0 amide bonds. The van der Waals surface area contributed by atoms with Crippen LogP contribution in [0.25, 0.3) is 0 Å². The summed E-state index contributed by atoms with van der Waals surface area (Å²) in [5.41, 5.74) is -4.95. The van der Waals surface area contributed by atoms with Crippen LogP contribution in [0.1, 0.15) is 38.5 Å². The minimum atomic E-state index is -5.21. The topological polar surface area (TPSA) is 80.7 Å². The summed E-state index contributed by atoms with van der Waals surface area (Å²) in [4.78, 5) is 12.6. The second-order valence-electron chi connectivity index (χ2n) is 7.87. The van der Waals surface area contributed by atoms with Crippen molar-refractivity contribution in [2.45, 2.75) is 57.0 Å². The average Bonchev–Trinajstić information content (AvgIpc) is 2.42. The minimum Gasteiger partial charge on any atom is -0.445 e. The van der Waals surface area contributed by atoms with Crippen molar-refractivity contribution in [1.82, 2.24) is 0 Å². The first-order valence-electron chi connectivity index (χ1n) is 8.21. The molecule has 4 fully saturated rings. The summed E-state index contributed by atoms with van der Waals surface area (Å²) < 4.78 is 88.7. The normalized spacial score (nSPS) is 34.8. The first kappa shape index (κ1) is 18.9. The van der Waals surface area contributed by atoms with E-state index in [2.05, 4.69) is 4.74 Å². The highest BCUT2D eigenvalue weighted by Crippen LogP contribution is 2.60. The van der Waals surface area contributed by atoms with Crippen molar-refractivity contribution in [1.29, 1.82) is 0 Å². The molecule has 0 heterocycles. The van der Waals surface area contributed by atoms with Crippen molar-refractivity contribution in [3.8, 4) is 0 Å². The molecule has 144 valence electrons. The third kappa shape index (κ3) is 3.39. The lowest BCUT2D eigenvalue weighted by Gasteiger charge is -2.55. The number of ether oxygens (including phenoxy) is 1. The zero-order valence-corrected chi connectivity index (χ0v) is 14.2. The molecule has 0 aromatic carbocycles. The molecule has 0 saturated heterocycles. The van der Waals surface area contributed by atoms with Gasteiger partial charge in [0, 0.05) is 0 Å². The quantitative estimate of drug-likeness (QED) is 0.430. The first-order chi connectivity index (χ1) is 11.5. The van der Waals surface area contributed by atoms with Gasteiger partial charge in [0.25, 0.3) is 23.0 Å². The molecule has 4 saturated carbocycles. The maximum absolute atomic E-state index is 13.3. The first-order valence-corrected chi connectivity index (χ1v) is 9.81. The van der Waals surface area contributed by atoms with E-state index in [4.69, 9.17) is 4.55 Å². The molecule has 4 rings (SSSR count). The lowest BCUT2D eigenvalue weighted by atomic mass is 9.49. The van der Waals surface area contributed by atoms with E-state index in [9.17, 15) is 30.8 Å². The fourth-order valence-corrected chi connectivity index (χ4v) is 6.15. The van der Waals surface area contributed by atoms with Crippen LogP contribution in [0.15, 0.2) is 0 Å². The molecule has 1 N–H and O–H groups in total. The van der Waals surface area contributed by atoms with Crippen LogP contribution < -0.4 is 0 Å². The van der Waals surface area contributed by atoms with Gasteiger partial charge in [-0.3, -0.25) is 9.35 Å². The van der Waals surface area contributed by atoms with Crippen LogP contribution in [0.5, 0.6) is 0 Å². The van der Waals surface area contributed by atoms with Crippen molar-refractivity contribution in [2.24, 2.45) is 23.2 Å². The van der Waals surface area contributed by atoms with E-state index >= 15 is 0 Å². The van der Waals surface area contributed by atoms with Gasteiger partial charge in [-0.15, -0.1) is 0 Å². The Labute approximate surface area is 142 Å². The zero-order valence-electron chi connectivity index (χ0n) is 13.3. The van der Waals surface area contributed by atoms with Crippen LogP contribution in [-0.4, -0.2) is 43.1 Å². The second-order valence-corrected chi connectivity index (χ2v) is 9.32. The van der Waals surface area contributed by atoms with Gasteiger partial charge < -0.3 is 4.74 Å². The summed E-state index contributed by atoms with van der Waals surface area (Å²) in [6.45, 7) is 0. The van der Waals surface area contributed by atoms with Gasteiger partial charge >= 0.3 is 5.97 Å². The molecule has 0 aliphatic heterocycles. The average molecular weight is 388 g/mol. The summed E-state index contributed by atoms with van der Waals surface area (Å²) in [5, 5.41) is 0. The number of hydrogen-bond acceptors (Lipinski definition) is 4. The number of rotatable bonds is 6. The van der Waals surface area contributed by atoms with E-state index in [0.717, 1.165) is 19.3 Å². The van der Waals surface area contributed by atoms with Gasteiger partial charge in [-0.2, -0.15) is 8.42 Å². The van der Waals surface area contributed by atoms with Gasteiger partial charge in [-0.05, 0) is 56.3 Å².